The number of hydrogen-bond acceptors (Lipinski definition) is 17. The van der Waals surface area contributed by atoms with Gasteiger partial charge in [-0.2, -0.15) is 23.5 Å². The SMILES string of the molecule is COCCSCCC[Si]1(CCCSCCOCOCOCOCOCOCOCOCOCOCOC)c2cc(-c3ccc(CO)cc3)ccc2-c2ccc(-c3ccc(CCCC(=O)CCCCCCCN=[N+]=[N-])cc3)cc21. The van der Waals surface area contributed by atoms with Gasteiger partial charge in [-0.05, 0) is 123 Å². The number of aryl methyl sites for hydroxylation is 1. The molecule has 0 aliphatic carbocycles. The van der Waals surface area contributed by atoms with E-state index in [1.807, 2.05) is 35.7 Å². The van der Waals surface area contributed by atoms with Crippen LogP contribution in [0.2, 0.25) is 12.1 Å². The number of aliphatic hydroxyl groups is 1. The third-order valence-electron chi connectivity index (χ3n) is 13.1. The van der Waals surface area contributed by atoms with Crippen molar-refractivity contribution in [3.63, 3.8) is 0 Å². The Bertz CT molecular complexity index is 2280. The zero-order valence-corrected chi connectivity index (χ0v) is 48.5. The number of hydrogen-bond donors (Lipinski definition) is 1. The Kier molecular flexibility index (Phi) is 34.4. The van der Waals surface area contributed by atoms with Crippen molar-refractivity contribution in [1.29, 1.82) is 0 Å². The Morgan fingerprint density at radius 1 is 0.500 bits per heavy atom. The molecule has 78 heavy (non-hydrogen) atoms. The first-order chi connectivity index (χ1) is 38.5. The normalized spacial score (nSPS) is 13.7. The molecule has 4 aromatic rings. The van der Waals surface area contributed by atoms with E-state index in [9.17, 15) is 9.90 Å². The number of Topliss-reactive ketones (excluding diaryl/α,β-unsaturated/α-hetero) is 1. The van der Waals surface area contributed by atoms with Gasteiger partial charge in [-0.1, -0.05) is 109 Å². The van der Waals surface area contributed by atoms with E-state index in [1.54, 1.807) is 7.11 Å². The summed E-state index contributed by atoms with van der Waals surface area (Å²) < 4.78 is 62.6. The number of carbonyl (C=O) groups is 1. The summed E-state index contributed by atoms with van der Waals surface area (Å²) in [5.41, 5.74) is 18.2. The zero-order valence-electron chi connectivity index (χ0n) is 45.9. The van der Waals surface area contributed by atoms with Gasteiger partial charge in [-0.15, -0.1) is 0 Å². The Balaban J connectivity index is 1.11. The molecule has 5 rings (SSSR count). The maximum Gasteiger partial charge on any atom is 0.152 e. The number of fused-ring (bicyclic) bond motifs is 3. The summed E-state index contributed by atoms with van der Waals surface area (Å²) in [6, 6.07) is 33.9. The molecule has 0 saturated heterocycles. The highest BCUT2D eigenvalue weighted by Crippen LogP contribution is 2.38. The Labute approximate surface area is 471 Å². The van der Waals surface area contributed by atoms with E-state index in [1.165, 1.54) is 50.9 Å². The summed E-state index contributed by atoms with van der Waals surface area (Å²) in [4.78, 5) is 15.5. The highest BCUT2D eigenvalue weighted by Gasteiger charge is 2.45. The second kappa shape index (κ2) is 41.3. The van der Waals surface area contributed by atoms with E-state index in [-0.39, 0.29) is 74.5 Å². The molecule has 17 nitrogen and oxygen atoms in total. The van der Waals surface area contributed by atoms with Crippen LogP contribution in [-0.2, 0) is 74.7 Å². The van der Waals surface area contributed by atoms with Crippen LogP contribution in [0.25, 0.3) is 43.8 Å². The average molecular weight is 1140 g/mol. The van der Waals surface area contributed by atoms with Crippen molar-refractivity contribution in [2.45, 2.75) is 89.3 Å². The van der Waals surface area contributed by atoms with Crippen LogP contribution in [0, 0.1) is 0 Å². The van der Waals surface area contributed by atoms with Crippen LogP contribution in [0.15, 0.2) is 90.0 Å². The van der Waals surface area contributed by atoms with Crippen LogP contribution in [0.5, 0.6) is 0 Å². The van der Waals surface area contributed by atoms with Gasteiger partial charge in [-0.3, -0.25) is 4.79 Å². The summed E-state index contributed by atoms with van der Waals surface area (Å²) in [5, 5.41) is 16.5. The smallest absolute Gasteiger partial charge is 0.152 e. The number of methoxy groups -OCH3 is 2. The zero-order chi connectivity index (χ0) is 55.0. The fourth-order valence-electron chi connectivity index (χ4n) is 9.27. The van der Waals surface area contributed by atoms with Gasteiger partial charge in [0, 0.05) is 50.0 Å². The number of benzene rings is 4. The molecule has 1 aliphatic heterocycles. The molecule has 0 radical (unpaired) electrons. The van der Waals surface area contributed by atoms with Gasteiger partial charge in [-0.25, -0.2) is 0 Å². The molecule has 0 aromatic heterocycles. The van der Waals surface area contributed by atoms with Gasteiger partial charge in [0.2, 0.25) is 0 Å². The Hall–Kier alpha value is -3.74. The van der Waals surface area contributed by atoms with Crippen LogP contribution >= 0.6 is 23.5 Å². The number of ether oxygens (including phenoxy) is 12. The Morgan fingerprint density at radius 3 is 1.45 bits per heavy atom. The van der Waals surface area contributed by atoms with Gasteiger partial charge < -0.3 is 61.9 Å². The Morgan fingerprint density at radius 2 is 0.949 bits per heavy atom. The molecular formula is C58H83N3O14S2Si. The molecule has 4 aromatic carbocycles. The molecule has 1 heterocycles. The standard InChI is InChI=1S/C58H83N3O14S2Si/c1-64-27-31-76-29-9-33-78(34-10-30-77-32-28-66-39-68-41-70-43-72-45-74-47-75-46-73-44-71-42-69-40-67-38-65-2)57-35-52(22-24-55(57)56-25-23-53(36-58(56)78)51-20-16-49(37-62)17-21-51)50-18-14-48(15-19-50)11-8-13-54(63)12-6-4-3-5-7-26-60-61-59/h14-25,35-36,62H,3-13,26-34,37-47H2,1-2H3. The lowest BCUT2D eigenvalue weighted by atomic mass is 9.97. The minimum atomic E-state index is -2.32. The number of unbranched alkanes of at least 4 members (excludes halogenated alkanes) is 4. The first-order valence-corrected chi connectivity index (χ1v) is 31.8. The van der Waals surface area contributed by atoms with Crippen molar-refractivity contribution in [2.75, 3.05) is 125 Å². The fraction of sp³-hybridized carbons (Fsp3) is 0.569. The number of carbonyl (C=O) groups excluding carboxylic acids is 1. The molecule has 0 amide bonds. The number of nitrogens with zero attached hydrogens (tertiary/aromatic N) is 3. The van der Waals surface area contributed by atoms with E-state index >= 15 is 0 Å². The highest BCUT2D eigenvalue weighted by molar-refractivity contribution is 7.99. The van der Waals surface area contributed by atoms with E-state index in [4.69, 9.17) is 62.4 Å². The van der Waals surface area contributed by atoms with Crippen LogP contribution < -0.4 is 10.4 Å². The van der Waals surface area contributed by atoms with Crippen LogP contribution in [-0.4, -0.2) is 144 Å². The summed E-state index contributed by atoms with van der Waals surface area (Å²) in [5.74, 6) is 4.31. The predicted molar refractivity (Wildman–Crippen MR) is 310 cm³/mol. The number of thioether (sulfide) groups is 2. The fourth-order valence-corrected chi connectivity index (χ4v) is 16.9. The predicted octanol–water partition coefficient (Wildman–Crippen LogP) is 10.9. The topological polar surface area (TPSA) is 197 Å². The molecule has 20 heteroatoms. The van der Waals surface area contributed by atoms with Crippen molar-refractivity contribution < 1.29 is 66.7 Å². The minimum Gasteiger partial charge on any atom is -0.392 e. The molecule has 1 N–H and O–H groups in total. The van der Waals surface area contributed by atoms with E-state index in [2.05, 4.69) is 82.8 Å². The van der Waals surface area contributed by atoms with Gasteiger partial charge >= 0.3 is 0 Å². The third kappa shape index (κ3) is 24.5. The molecule has 1 aliphatic rings. The van der Waals surface area contributed by atoms with Crippen molar-refractivity contribution in [3.05, 3.63) is 106 Å². The van der Waals surface area contributed by atoms with Gasteiger partial charge in [0.05, 0.1) is 19.8 Å². The lowest BCUT2D eigenvalue weighted by molar-refractivity contribution is -0.231. The number of azide groups is 1. The summed E-state index contributed by atoms with van der Waals surface area (Å²) in [7, 11) is 0.974. The molecule has 0 fully saturated rings. The lowest BCUT2D eigenvalue weighted by Gasteiger charge is -2.31. The monoisotopic (exact) mass is 1140 g/mol. The summed E-state index contributed by atoms with van der Waals surface area (Å²) in [6.07, 6.45) is 10.2. The first kappa shape index (κ1) is 65.1. The minimum absolute atomic E-state index is 0.00526. The van der Waals surface area contributed by atoms with Crippen molar-refractivity contribution in [2.24, 2.45) is 5.11 Å². The van der Waals surface area contributed by atoms with Crippen LogP contribution in [0.4, 0.5) is 0 Å². The van der Waals surface area contributed by atoms with Gasteiger partial charge in [0.25, 0.3) is 0 Å². The van der Waals surface area contributed by atoms with E-state index in [0.717, 1.165) is 111 Å². The maximum absolute atomic E-state index is 12.7. The lowest BCUT2D eigenvalue weighted by Crippen LogP contribution is -2.55. The molecule has 1 unspecified atom stereocenters. The van der Waals surface area contributed by atoms with Crippen LogP contribution in [0.1, 0.15) is 75.3 Å². The van der Waals surface area contributed by atoms with E-state index < -0.39 is 8.07 Å². The quantitative estimate of drug-likeness (QED) is 0.0109. The number of aliphatic hydroxyl groups excluding tert-OH is 1. The largest absolute Gasteiger partial charge is 0.392 e. The molecule has 430 valence electrons. The third-order valence-corrected chi connectivity index (χ3v) is 20.5. The molecule has 0 spiro atoms. The number of ketones is 1. The first-order valence-electron chi connectivity index (χ1n) is 27.0. The molecular weight excluding hydrogens is 1050 g/mol. The van der Waals surface area contributed by atoms with Gasteiger partial charge in [0.1, 0.15) is 27.4 Å². The van der Waals surface area contributed by atoms with E-state index in [0.29, 0.717) is 31.8 Å². The van der Waals surface area contributed by atoms with Crippen molar-refractivity contribution in [1.82, 2.24) is 0 Å². The maximum atomic E-state index is 12.7. The second-order valence-corrected chi connectivity index (χ2v) is 25.3. The highest BCUT2D eigenvalue weighted by atomic mass is 32.2. The van der Waals surface area contributed by atoms with Crippen molar-refractivity contribution in [3.8, 4) is 33.4 Å². The van der Waals surface area contributed by atoms with Gasteiger partial charge in [0.15, 0.2) is 54.3 Å². The molecule has 1 atom stereocenters. The molecule has 0 bridgehead atoms. The van der Waals surface area contributed by atoms with Crippen LogP contribution in [0.3, 0.4) is 0 Å². The van der Waals surface area contributed by atoms with Crippen molar-refractivity contribution >= 4 is 47.8 Å². The summed E-state index contributed by atoms with van der Waals surface area (Å²) >= 11 is 3.90. The number of rotatable bonds is 49. The summed E-state index contributed by atoms with van der Waals surface area (Å²) in [6.45, 7) is 2.20. The molecule has 0 saturated carbocycles. The average Bonchev–Trinajstić information content (AvgIpc) is 4.02. The second-order valence-electron chi connectivity index (χ2n) is 18.7.